The predicted octanol–water partition coefficient (Wildman–Crippen LogP) is 3.67. The van der Waals surface area contributed by atoms with Crippen LogP contribution >= 0.6 is 0 Å². The van der Waals surface area contributed by atoms with Gasteiger partial charge in [-0.15, -0.1) is 10.2 Å². The summed E-state index contributed by atoms with van der Waals surface area (Å²) in [7, 11) is 0. The maximum absolute atomic E-state index is 12.6. The Morgan fingerprint density at radius 2 is 1.47 bits per heavy atom. The van der Waals surface area contributed by atoms with Gasteiger partial charge in [0, 0.05) is 5.39 Å². The molecule has 0 saturated heterocycles. The summed E-state index contributed by atoms with van der Waals surface area (Å²) in [4.78, 5) is 24.8. The number of hydrazine groups is 1. The Bertz CT molecular complexity index is 1220. The van der Waals surface area contributed by atoms with E-state index >= 15 is 0 Å². The van der Waals surface area contributed by atoms with Crippen molar-refractivity contribution in [3.63, 3.8) is 0 Å². The molecule has 0 atom stereocenters. The summed E-state index contributed by atoms with van der Waals surface area (Å²) in [5.41, 5.74) is 5.59. The molecule has 0 saturated carbocycles. The molecule has 8 heteroatoms. The number of hydrogen-bond donors (Lipinski definition) is 1. The molecule has 0 fully saturated rings. The van der Waals surface area contributed by atoms with Crippen LogP contribution in [0.5, 0.6) is 0 Å². The van der Waals surface area contributed by atoms with Crippen molar-refractivity contribution in [1.82, 2.24) is 5.43 Å². The molecule has 0 bridgehead atoms. The highest BCUT2D eigenvalue weighted by molar-refractivity contribution is 6.45. The van der Waals surface area contributed by atoms with Crippen LogP contribution in [0.2, 0.25) is 0 Å². The largest absolute Gasteiger partial charge is 0.460 e. The predicted molar refractivity (Wildman–Crippen MR) is 123 cm³/mol. The Morgan fingerprint density at radius 3 is 2.19 bits per heavy atom. The minimum Gasteiger partial charge on any atom is -0.460 e. The zero-order valence-corrected chi connectivity index (χ0v) is 17.7. The minimum atomic E-state index is -0.672. The third-order valence-corrected chi connectivity index (χ3v) is 4.83. The lowest BCUT2D eigenvalue weighted by atomic mass is 9.97. The van der Waals surface area contributed by atoms with Crippen molar-refractivity contribution in [3.05, 3.63) is 66.7 Å². The molecule has 0 unspecified atom stereocenters. The first-order valence-corrected chi connectivity index (χ1v) is 10.3. The van der Waals surface area contributed by atoms with E-state index in [1.54, 1.807) is 13.8 Å². The van der Waals surface area contributed by atoms with Gasteiger partial charge >= 0.3 is 11.9 Å². The number of anilines is 1. The second-order valence-corrected chi connectivity index (χ2v) is 6.80. The van der Waals surface area contributed by atoms with E-state index < -0.39 is 11.9 Å². The van der Waals surface area contributed by atoms with Gasteiger partial charge in [-0.3, -0.25) is 5.43 Å². The number of fused-ring (bicyclic) bond motifs is 1. The first-order chi connectivity index (χ1) is 15.6. The molecule has 3 aromatic carbocycles. The van der Waals surface area contributed by atoms with Gasteiger partial charge in [0.25, 0.3) is 11.7 Å². The summed E-state index contributed by atoms with van der Waals surface area (Å²) in [6.07, 6.45) is 0. The Hall–Kier alpha value is -4.20. The molecule has 8 nitrogen and oxygen atoms in total. The topological polar surface area (TPSA) is 92.6 Å². The van der Waals surface area contributed by atoms with Crippen LogP contribution in [-0.2, 0) is 19.1 Å². The third kappa shape index (κ3) is 4.02. The molecule has 4 rings (SSSR count). The second kappa shape index (κ2) is 9.30. The fourth-order valence-electron chi connectivity index (χ4n) is 3.46. The molecule has 1 heterocycles. The fourth-order valence-corrected chi connectivity index (χ4v) is 3.46. The van der Waals surface area contributed by atoms with Crippen molar-refractivity contribution >= 4 is 40.1 Å². The van der Waals surface area contributed by atoms with E-state index in [-0.39, 0.29) is 24.9 Å². The molecule has 3 aromatic rings. The maximum Gasteiger partial charge on any atom is 0.378 e. The van der Waals surface area contributed by atoms with Gasteiger partial charge in [-0.05, 0) is 36.4 Å². The SMILES string of the molecule is CCOC(=O)C1=NN=C(C(=O)OCC)N(c2ccc(-c3ccccc3)c3ccccc23)N1. The minimum absolute atomic E-state index is 0.0856. The molecule has 0 radical (unpaired) electrons. The summed E-state index contributed by atoms with van der Waals surface area (Å²) < 4.78 is 10.2. The first-order valence-electron chi connectivity index (χ1n) is 10.3. The van der Waals surface area contributed by atoms with Crippen LogP contribution in [0.1, 0.15) is 13.8 Å². The van der Waals surface area contributed by atoms with Crippen molar-refractivity contribution in [1.29, 1.82) is 0 Å². The van der Waals surface area contributed by atoms with Crippen LogP contribution in [0.15, 0.2) is 76.9 Å². The molecule has 0 amide bonds. The Morgan fingerprint density at radius 1 is 0.812 bits per heavy atom. The fraction of sp³-hybridized carbons (Fsp3) is 0.167. The number of carbonyl (C=O) groups excluding carboxylic acids is 2. The number of benzene rings is 3. The van der Waals surface area contributed by atoms with Crippen molar-refractivity contribution in [2.24, 2.45) is 10.2 Å². The van der Waals surface area contributed by atoms with Crippen LogP contribution in [0.25, 0.3) is 21.9 Å². The average molecular weight is 430 g/mol. The quantitative estimate of drug-likeness (QED) is 0.600. The molecule has 0 spiro atoms. The molecule has 162 valence electrons. The number of esters is 2. The van der Waals surface area contributed by atoms with E-state index in [1.165, 1.54) is 5.01 Å². The molecule has 1 aliphatic heterocycles. The van der Waals surface area contributed by atoms with Gasteiger partial charge in [0.2, 0.25) is 0 Å². The molecule has 32 heavy (non-hydrogen) atoms. The van der Waals surface area contributed by atoms with E-state index in [2.05, 4.69) is 15.6 Å². The standard InChI is InChI=1S/C24H22N4O4/c1-3-31-23(29)21-25-26-22(24(30)32-4-2)28(27-21)20-15-14-17(16-10-6-5-7-11-16)18-12-8-9-13-19(18)20/h5-15H,3-4H2,1-2H3,(H,25,27). The monoisotopic (exact) mass is 430 g/mol. The zero-order chi connectivity index (χ0) is 22.5. The van der Waals surface area contributed by atoms with Gasteiger partial charge in [0.05, 0.1) is 18.9 Å². The number of rotatable bonds is 6. The number of hydrogen-bond acceptors (Lipinski definition) is 8. The van der Waals surface area contributed by atoms with Crippen molar-refractivity contribution < 1.29 is 19.1 Å². The van der Waals surface area contributed by atoms with E-state index in [0.717, 1.165) is 21.9 Å². The molecule has 1 N–H and O–H groups in total. The van der Waals surface area contributed by atoms with E-state index in [9.17, 15) is 9.59 Å². The van der Waals surface area contributed by atoms with Gasteiger partial charge in [0.15, 0.2) is 0 Å². The highest BCUT2D eigenvalue weighted by Gasteiger charge is 2.31. The lowest BCUT2D eigenvalue weighted by Gasteiger charge is -2.29. The van der Waals surface area contributed by atoms with E-state index in [1.807, 2.05) is 66.7 Å². The Labute approximate surface area is 185 Å². The lowest BCUT2D eigenvalue weighted by Crippen LogP contribution is -2.54. The van der Waals surface area contributed by atoms with Gasteiger partial charge in [-0.2, -0.15) is 0 Å². The van der Waals surface area contributed by atoms with Crippen molar-refractivity contribution in [3.8, 4) is 11.1 Å². The van der Waals surface area contributed by atoms with Crippen molar-refractivity contribution in [2.75, 3.05) is 18.2 Å². The molecular weight excluding hydrogens is 408 g/mol. The molecular formula is C24H22N4O4. The van der Waals surface area contributed by atoms with Crippen molar-refractivity contribution in [2.45, 2.75) is 13.8 Å². The molecule has 0 aliphatic carbocycles. The summed E-state index contributed by atoms with van der Waals surface area (Å²) in [6.45, 7) is 3.76. The summed E-state index contributed by atoms with van der Waals surface area (Å²) in [5, 5.41) is 11.0. The van der Waals surface area contributed by atoms with Crippen LogP contribution in [0.4, 0.5) is 5.69 Å². The average Bonchev–Trinajstić information content (AvgIpc) is 2.84. The van der Waals surface area contributed by atoms with Crippen LogP contribution in [-0.4, -0.2) is 36.8 Å². The van der Waals surface area contributed by atoms with E-state index in [4.69, 9.17) is 9.47 Å². The number of ether oxygens (including phenoxy) is 2. The lowest BCUT2D eigenvalue weighted by molar-refractivity contribution is -0.136. The number of carbonyl (C=O) groups is 2. The Balaban J connectivity index is 1.84. The Kier molecular flexibility index (Phi) is 6.12. The first kappa shape index (κ1) is 21.0. The normalized spacial score (nSPS) is 13.1. The molecule has 0 aromatic heterocycles. The van der Waals surface area contributed by atoms with Crippen LogP contribution in [0, 0.1) is 0 Å². The van der Waals surface area contributed by atoms with E-state index in [0.29, 0.717) is 5.69 Å². The third-order valence-electron chi connectivity index (χ3n) is 4.83. The molecule has 1 aliphatic rings. The second-order valence-electron chi connectivity index (χ2n) is 6.80. The zero-order valence-electron chi connectivity index (χ0n) is 17.7. The highest BCUT2D eigenvalue weighted by Crippen LogP contribution is 2.35. The van der Waals surface area contributed by atoms with Crippen LogP contribution in [0.3, 0.4) is 0 Å². The number of amidine groups is 2. The summed E-state index contributed by atoms with van der Waals surface area (Å²) in [5.74, 6) is -1.55. The van der Waals surface area contributed by atoms with Gasteiger partial charge in [-0.25, -0.2) is 14.6 Å². The van der Waals surface area contributed by atoms with Gasteiger partial charge in [-0.1, -0.05) is 60.7 Å². The summed E-state index contributed by atoms with van der Waals surface area (Å²) in [6, 6.07) is 21.7. The number of nitrogens with one attached hydrogen (secondary N) is 1. The van der Waals surface area contributed by atoms with Gasteiger partial charge < -0.3 is 9.47 Å². The smallest absolute Gasteiger partial charge is 0.378 e. The summed E-state index contributed by atoms with van der Waals surface area (Å²) >= 11 is 0. The van der Waals surface area contributed by atoms with Gasteiger partial charge in [0.1, 0.15) is 0 Å². The number of nitrogens with zero attached hydrogens (tertiary/aromatic N) is 3. The highest BCUT2D eigenvalue weighted by atomic mass is 16.5. The maximum atomic E-state index is 12.6. The van der Waals surface area contributed by atoms with Crippen LogP contribution < -0.4 is 10.4 Å².